The summed E-state index contributed by atoms with van der Waals surface area (Å²) in [6.45, 7) is 7.76. The molecule has 12 heteroatoms. The normalized spacial score (nSPS) is 19.1. The monoisotopic (exact) mass is 611 g/mol. The van der Waals surface area contributed by atoms with E-state index < -0.39 is 58.2 Å². The highest BCUT2D eigenvalue weighted by Crippen LogP contribution is 2.35. The molecule has 1 saturated heterocycles. The van der Waals surface area contributed by atoms with Crippen LogP contribution in [-0.2, 0) is 25.1 Å². The van der Waals surface area contributed by atoms with Crippen molar-refractivity contribution >= 4 is 45.9 Å². The summed E-state index contributed by atoms with van der Waals surface area (Å²) in [4.78, 5) is 23.1. The molecule has 2 aromatic carbocycles. The molecule has 0 bridgehead atoms. The van der Waals surface area contributed by atoms with E-state index in [1.165, 1.54) is 11.8 Å². The molecule has 3 rings (SSSR count). The van der Waals surface area contributed by atoms with E-state index in [0.717, 1.165) is 11.9 Å². The maximum absolute atomic E-state index is 13.3. The minimum absolute atomic E-state index is 0.0606. The second-order valence-electron chi connectivity index (χ2n) is 9.70. The molecule has 0 saturated carbocycles. The Hall–Kier alpha value is -2.14. The lowest BCUT2D eigenvalue weighted by atomic mass is 10.00. The van der Waals surface area contributed by atoms with Gasteiger partial charge in [0.1, 0.15) is 6.10 Å². The number of nitrogens with zero attached hydrogens (tertiary/aromatic N) is 1. The zero-order valence-electron chi connectivity index (χ0n) is 22.4. The topological polar surface area (TPSA) is 83.9 Å². The van der Waals surface area contributed by atoms with Gasteiger partial charge in [0.2, 0.25) is 0 Å². The van der Waals surface area contributed by atoms with Crippen molar-refractivity contribution in [3.05, 3.63) is 70.2 Å². The smallest absolute Gasteiger partial charge is 0.391 e. The first-order valence-corrected chi connectivity index (χ1v) is 14.0. The number of alkyl halides is 3. The third kappa shape index (κ3) is 13.2. The number of carbonyl (C=O) groups excluding carboxylic acids is 1. The predicted octanol–water partition coefficient (Wildman–Crippen LogP) is 6.93. The molecule has 1 amide bonds. The summed E-state index contributed by atoms with van der Waals surface area (Å²) in [6, 6.07) is 14.0. The fourth-order valence-electron chi connectivity index (χ4n) is 3.47. The lowest BCUT2D eigenvalue weighted by molar-refractivity contribution is -0.174. The number of carbonyl (C=O) groups is 2. The van der Waals surface area contributed by atoms with Crippen LogP contribution in [0.4, 0.5) is 13.2 Å². The van der Waals surface area contributed by atoms with Crippen molar-refractivity contribution in [2.24, 2.45) is 0 Å². The van der Waals surface area contributed by atoms with Crippen LogP contribution in [0.1, 0.15) is 52.6 Å². The zero-order valence-corrected chi connectivity index (χ0v) is 24.7. The Balaban J connectivity index is 0.000000573. The minimum atomic E-state index is -4.50. The summed E-state index contributed by atoms with van der Waals surface area (Å²) in [5.74, 6) is -1.63. The molecule has 1 heterocycles. The number of benzene rings is 2. The fourth-order valence-corrected chi connectivity index (χ4v) is 4.87. The first kappa shape index (κ1) is 34.9. The Bertz CT molecular complexity index is 1080. The fraction of sp³-hybridized carbons (Fsp3) is 0.481. The van der Waals surface area contributed by atoms with Crippen molar-refractivity contribution in [2.45, 2.75) is 70.2 Å². The molecule has 218 valence electrons. The quantitative estimate of drug-likeness (QED) is 0.396. The third-order valence-corrected chi connectivity index (χ3v) is 7.87. The van der Waals surface area contributed by atoms with Gasteiger partial charge in [-0.05, 0) is 57.5 Å². The van der Waals surface area contributed by atoms with E-state index in [9.17, 15) is 22.2 Å². The summed E-state index contributed by atoms with van der Waals surface area (Å²) in [5, 5.41) is 8.69. The Morgan fingerprint density at radius 2 is 1.56 bits per heavy atom. The molecule has 1 N–H and O–H groups in total. The number of rotatable bonds is 5. The molecule has 1 aliphatic heterocycles. The molecule has 4 atom stereocenters. The van der Waals surface area contributed by atoms with Gasteiger partial charge in [-0.3, -0.25) is 13.8 Å². The lowest BCUT2D eigenvalue weighted by Gasteiger charge is -2.44. The van der Waals surface area contributed by atoms with Crippen LogP contribution in [0, 0.1) is 0 Å². The van der Waals surface area contributed by atoms with Gasteiger partial charge >= 0.3 is 6.18 Å². The average molecular weight is 613 g/mol. The van der Waals surface area contributed by atoms with Crippen molar-refractivity contribution in [1.82, 2.24) is 4.90 Å². The number of amides is 1. The van der Waals surface area contributed by atoms with E-state index in [0.29, 0.717) is 10.6 Å². The highest BCUT2D eigenvalue weighted by molar-refractivity contribution is 7.86. The Kier molecular flexibility index (Phi) is 14.0. The van der Waals surface area contributed by atoms with Gasteiger partial charge in [0.15, 0.2) is 0 Å². The van der Waals surface area contributed by atoms with Gasteiger partial charge in [-0.1, -0.05) is 53.5 Å². The van der Waals surface area contributed by atoms with E-state index >= 15 is 0 Å². The first-order valence-electron chi connectivity index (χ1n) is 12.0. The van der Waals surface area contributed by atoms with Crippen LogP contribution in [0.3, 0.4) is 0 Å². The molecule has 4 unspecified atom stereocenters. The number of hydrogen-bond acceptors (Lipinski definition) is 4. The lowest BCUT2D eigenvalue weighted by Crippen LogP contribution is -2.56. The maximum atomic E-state index is 13.3. The van der Waals surface area contributed by atoms with Crippen LogP contribution in [0.15, 0.2) is 54.6 Å². The number of carboxylic acids is 1. The van der Waals surface area contributed by atoms with Crippen LogP contribution in [0.5, 0.6) is 0 Å². The number of aliphatic carboxylic acids is 1. The molecule has 6 nitrogen and oxygen atoms in total. The van der Waals surface area contributed by atoms with Crippen molar-refractivity contribution in [1.29, 1.82) is 0 Å². The van der Waals surface area contributed by atoms with Crippen LogP contribution >= 0.6 is 23.2 Å². The van der Waals surface area contributed by atoms with E-state index in [2.05, 4.69) is 0 Å². The van der Waals surface area contributed by atoms with Crippen molar-refractivity contribution in [2.75, 3.05) is 12.4 Å². The van der Waals surface area contributed by atoms with E-state index in [-0.39, 0.29) is 12.4 Å². The summed E-state index contributed by atoms with van der Waals surface area (Å²) in [6.07, 6.45) is -6.58. The van der Waals surface area contributed by atoms with E-state index in [1.807, 2.05) is 30.3 Å². The standard InChI is InChI=1S/C19H25ClF3NO3S.C6H5Cl.C2H4O2/c1-12-17(25)24(16(10-27-12)13-5-7-14(20)8-6-13)15(9-19(21,22)23)11-28(26)18(2,3)4;7-6-4-2-1-3-5-6;1-2(3)4/h5-8,12,15-16H,9-11H2,1-4H3;1-5H;1H3,(H,3,4). The Morgan fingerprint density at radius 1 is 1.08 bits per heavy atom. The van der Waals surface area contributed by atoms with Crippen LogP contribution in [-0.4, -0.2) is 61.5 Å². The zero-order chi connectivity index (χ0) is 30.0. The Morgan fingerprint density at radius 3 is 1.97 bits per heavy atom. The van der Waals surface area contributed by atoms with Crippen LogP contribution < -0.4 is 0 Å². The first-order chi connectivity index (χ1) is 17.9. The van der Waals surface area contributed by atoms with Gasteiger partial charge in [-0.25, -0.2) is 0 Å². The highest BCUT2D eigenvalue weighted by Gasteiger charge is 2.44. The second kappa shape index (κ2) is 15.6. The van der Waals surface area contributed by atoms with E-state index in [4.69, 9.17) is 37.8 Å². The van der Waals surface area contributed by atoms with Gasteiger partial charge in [-0.2, -0.15) is 13.2 Å². The van der Waals surface area contributed by atoms with Gasteiger partial charge in [0.05, 0.1) is 25.1 Å². The number of carboxylic acid groups (broad SMARTS) is 1. The van der Waals surface area contributed by atoms with Gasteiger partial charge in [-0.15, -0.1) is 0 Å². The summed E-state index contributed by atoms with van der Waals surface area (Å²) in [5.41, 5.74) is 0.623. The molecule has 0 aromatic heterocycles. The molecule has 1 aliphatic rings. The molecule has 2 aromatic rings. The molecule has 0 aliphatic carbocycles. The number of hydrogen-bond donors (Lipinski definition) is 1. The second-order valence-corrected chi connectivity index (χ2v) is 12.8. The molecule has 1 fully saturated rings. The Labute approximate surface area is 239 Å². The highest BCUT2D eigenvalue weighted by atomic mass is 35.5. The number of morpholine rings is 1. The predicted molar refractivity (Wildman–Crippen MR) is 148 cm³/mol. The molecular formula is C27H34Cl2F3NO5S. The van der Waals surface area contributed by atoms with Gasteiger partial charge in [0, 0.05) is 38.3 Å². The van der Waals surface area contributed by atoms with Gasteiger partial charge < -0.3 is 14.7 Å². The van der Waals surface area contributed by atoms with Crippen molar-refractivity contribution in [3.63, 3.8) is 0 Å². The van der Waals surface area contributed by atoms with Crippen LogP contribution in [0.2, 0.25) is 10.0 Å². The van der Waals surface area contributed by atoms with Crippen LogP contribution in [0.25, 0.3) is 0 Å². The third-order valence-electron chi connectivity index (χ3n) is 5.32. The summed E-state index contributed by atoms with van der Waals surface area (Å²) in [7, 11) is -1.56. The number of ether oxygens (including phenoxy) is 1. The molecule has 0 radical (unpaired) electrons. The number of halogens is 5. The maximum Gasteiger partial charge on any atom is 0.391 e. The van der Waals surface area contributed by atoms with E-state index in [1.54, 1.807) is 45.0 Å². The van der Waals surface area contributed by atoms with Crippen molar-refractivity contribution < 1.29 is 36.8 Å². The van der Waals surface area contributed by atoms with Gasteiger partial charge in [0.25, 0.3) is 11.9 Å². The molecule has 39 heavy (non-hydrogen) atoms. The summed E-state index contributed by atoms with van der Waals surface area (Å²) >= 11 is 11.4. The molecule has 0 spiro atoms. The minimum Gasteiger partial charge on any atom is -0.481 e. The largest absolute Gasteiger partial charge is 0.481 e. The molecular weight excluding hydrogens is 578 g/mol. The SMILES string of the molecule is CC(=O)O.CC1OCC(c2ccc(Cl)cc2)N(C(CS(=O)C(C)(C)C)CC(F)(F)F)C1=O.Clc1ccccc1. The summed E-state index contributed by atoms with van der Waals surface area (Å²) < 4.78 is 57.4. The van der Waals surface area contributed by atoms with Crippen molar-refractivity contribution in [3.8, 4) is 0 Å². The average Bonchev–Trinajstić information content (AvgIpc) is 2.80.